The van der Waals surface area contributed by atoms with E-state index >= 15 is 0 Å². The Balaban J connectivity index is 1.72. The smallest absolute Gasteiger partial charge is 0.266 e. The highest BCUT2D eigenvalue weighted by atomic mass is 35.5. The van der Waals surface area contributed by atoms with Crippen LogP contribution >= 0.6 is 34.7 Å². The highest BCUT2D eigenvalue weighted by molar-refractivity contribution is 7.99. The molecule has 2 heterocycles. The Morgan fingerprint density at radius 1 is 1.22 bits per heavy atom. The third kappa shape index (κ3) is 4.67. The molecule has 0 aliphatic carbocycles. The van der Waals surface area contributed by atoms with Crippen molar-refractivity contribution in [2.45, 2.75) is 11.7 Å². The number of carbonyl (C=O) groups excluding carboxylic acids is 1. The van der Waals surface area contributed by atoms with Gasteiger partial charge in [0.05, 0.1) is 36.0 Å². The molecule has 4 aromatic rings. The second-order valence-corrected chi connectivity index (χ2v) is 9.40. The number of amides is 1. The largest absolute Gasteiger partial charge is 0.495 e. The molecule has 9 heteroatoms. The number of methoxy groups -OCH3 is 1. The van der Waals surface area contributed by atoms with Crippen LogP contribution in [0, 0.1) is 0 Å². The Hall–Kier alpha value is -2.81. The van der Waals surface area contributed by atoms with Gasteiger partial charge in [-0.05, 0) is 41.8 Å². The lowest BCUT2D eigenvalue weighted by Crippen LogP contribution is -2.28. The van der Waals surface area contributed by atoms with Gasteiger partial charge in [-0.15, -0.1) is 11.3 Å². The van der Waals surface area contributed by atoms with Crippen LogP contribution in [0.3, 0.4) is 0 Å². The Kier molecular flexibility index (Phi) is 6.83. The summed E-state index contributed by atoms with van der Waals surface area (Å²) in [4.78, 5) is 33.6. The molecular weight excluding hydrogens is 466 g/mol. The first kappa shape index (κ1) is 22.4. The number of fused-ring (bicyclic) bond motifs is 1. The highest BCUT2D eigenvalue weighted by Gasteiger charge is 2.19. The zero-order valence-corrected chi connectivity index (χ0v) is 19.8. The molecule has 0 spiro atoms. The minimum Gasteiger partial charge on any atom is -0.495 e. The van der Waals surface area contributed by atoms with Crippen molar-refractivity contribution in [2.24, 2.45) is 0 Å². The van der Waals surface area contributed by atoms with Crippen LogP contribution in [-0.4, -0.2) is 40.3 Å². The summed E-state index contributed by atoms with van der Waals surface area (Å²) in [6, 6.07) is 16.2. The van der Waals surface area contributed by atoms with E-state index in [1.54, 1.807) is 60.7 Å². The maximum Gasteiger partial charge on any atom is 0.266 e. The Morgan fingerprint density at radius 2 is 2.03 bits per heavy atom. The zero-order chi connectivity index (χ0) is 22.7. The van der Waals surface area contributed by atoms with Gasteiger partial charge in [-0.3, -0.25) is 14.2 Å². The second-order valence-electron chi connectivity index (χ2n) is 6.99. The summed E-state index contributed by atoms with van der Waals surface area (Å²) in [5.41, 5.74) is 0.792. The summed E-state index contributed by atoms with van der Waals surface area (Å²) in [7, 11) is 3.32. The van der Waals surface area contributed by atoms with E-state index in [-0.39, 0.29) is 17.2 Å². The first-order valence-electron chi connectivity index (χ1n) is 9.73. The van der Waals surface area contributed by atoms with E-state index in [1.165, 1.54) is 16.3 Å². The third-order valence-corrected chi connectivity index (χ3v) is 6.87. The summed E-state index contributed by atoms with van der Waals surface area (Å²) in [6.45, 7) is 0.539. The van der Waals surface area contributed by atoms with Crippen molar-refractivity contribution in [3.8, 4) is 11.4 Å². The molecule has 0 unspecified atom stereocenters. The van der Waals surface area contributed by atoms with Crippen LogP contribution in [0.2, 0.25) is 5.02 Å². The van der Waals surface area contributed by atoms with Crippen LogP contribution in [0.4, 0.5) is 0 Å². The van der Waals surface area contributed by atoms with Gasteiger partial charge in [-0.2, -0.15) is 0 Å². The van der Waals surface area contributed by atoms with Crippen LogP contribution in [0.25, 0.3) is 16.6 Å². The number of thiophene rings is 1. The Bertz CT molecular complexity index is 1320. The molecule has 4 rings (SSSR count). The number of aromatic nitrogens is 2. The monoisotopic (exact) mass is 485 g/mol. The molecular formula is C23H20ClN3O3S2. The average molecular weight is 486 g/mol. The quantitative estimate of drug-likeness (QED) is 0.276. The fraction of sp³-hybridized carbons (Fsp3) is 0.174. The number of hydrogen-bond acceptors (Lipinski definition) is 6. The lowest BCUT2D eigenvalue weighted by Gasteiger charge is -2.18. The predicted octanol–water partition coefficient (Wildman–Crippen LogP) is 4.86. The molecule has 2 aromatic carbocycles. The first-order chi connectivity index (χ1) is 15.5. The number of halogens is 1. The minimum atomic E-state index is -0.252. The first-order valence-corrected chi connectivity index (χ1v) is 12.0. The molecule has 0 fully saturated rings. The number of hydrogen-bond donors (Lipinski definition) is 0. The molecule has 32 heavy (non-hydrogen) atoms. The predicted molar refractivity (Wildman–Crippen MR) is 130 cm³/mol. The van der Waals surface area contributed by atoms with E-state index < -0.39 is 0 Å². The SMILES string of the molecule is COc1ccccc1-n1c(SCC(=O)N(C)Cc2cccs2)nc2cc(Cl)ccc2c1=O. The van der Waals surface area contributed by atoms with E-state index in [0.717, 1.165) is 4.88 Å². The van der Waals surface area contributed by atoms with Gasteiger partial charge in [-0.25, -0.2) is 4.98 Å². The third-order valence-electron chi connectivity index (χ3n) is 4.85. The number of thioether (sulfide) groups is 1. The lowest BCUT2D eigenvalue weighted by molar-refractivity contribution is -0.127. The molecule has 0 saturated heterocycles. The number of carbonyl (C=O) groups is 1. The number of benzene rings is 2. The standard InChI is InChI=1S/C23H20ClN3O3S2/c1-26(13-16-6-5-11-31-16)21(28)14-32-23-25-18-12-15(24)9-10-17(18)22(29)27(23)19-7-3-4-8-20(19)30-2/h3-12H,13-14H2,1-2H3. The molecule has 0 aliphatic heterocycles. The summed E-state index contributed by atoms with van der Waals surface area (Å²) < 4.78 is 6.96. The molecule has 0 aliphatic rings. The van der Waals surface area contributed by atoms with Gasteiger partial charge in [0.25, 0.3) is 5.56 Å². The minimum absolute atomic E-state index is 0.0598. The molecule has 0 atom stereocenters. The van der Waals surface area contributed by atoms with Crippen molar-refractivity contribution >= 4 is 51.5 Å². The van der Waals surface area contributed by atoms with E-state index in [4.69, 9.17) is 16.3 Å². The van der Waals surface area contributed by atoms with Crippen molar-refractivity contribution in [1.82, 2.24) is 14.5 Å². The van der Waals surface area contributed by atoms with Gasteiger partial charge >= 0.3 is 0 Å². The summed E-state index contributed by atoms with van der Waals surface area (Å²) in [5.74, 6) is 0.610. The fourth-order valence-electron chi connectivity index (χ4n) is 3.22. The van der Waals surface area contributed by atoms with Crippen molar-refractivity contribution < 1.29 is 9.53 Å². The van der Waals surface area contributed by atoms with Crippen LogP contribution in [0.15, 0.2) is 69.9 Å². The summed E-state index contributed by atoms with van der Waals surface area (Å²) >= 11 is 8.95. The van der Waals surface area contributed by atoms with Crippen molar-refractivity contribution in [3.63, 3.8) is 0 Å². The topological polar surface area (TPSA) is 64.4 Å². The number of para-hydroxylation sites is 2. The fourth-order valence-corrected chi connectivity index (χ4v) is 5.09. The van der Waals surface area contributed by atoms with Gasteiger partial charge < -0.3 is 9.64 Å². The summed E-state index contributed by atoms with van der Waals surface area (Å²) in [6.07, 6.45) is 0. The van der Waals surface area contributed by atoms with Gasteiger partial charge in [0.1, 0.15) is 5.75 Å². The van der Waals surface area contributed by atoms with Crippen LogP contribution in [-0.2, 0) is 11.3 Å². The number of rotatable bonds is 7. The molecule has 6 nitrogen and oxygen atoms in total. The van der Waals surface area contributed by atoms with Crippen molar-refractivity contribution in [3.05, 3.63) is 80.2 Å². The van der Waals surface area contributed by atoms with E-state index in [0.29, 0.717) is 39.1 Å². The van der Waals surface area contributed by atoms with Crippen LogP contribution in [0.1, 0.15) is 4.88 Å². The molecule has 164 valence electrons. The molecule has 2 aromatic heterocycles. The number of nitrogens with zero attached hydrogens (tertiary/aromatic N) is 3. The molecule has 0 radical (unpaired) electrons. The molecule has 0 saturated carbocycles. The van der Waals surface area contributed by atoms with Gasteiger partial charge in [0.15, 0.2) is 5.16 Å². The van der Waals surface area contributed by atoms with Gasteiger partial charge in [-0.1, -0.05) is 41.6 Å². The van der Waals surface area contributed by atoms with Crippen LogP contribution < -0.4 is 10.3 Å². The van der Waals surface area contributed by atoms with Crippen molar-refractivity contribution in [2.75, 3.05) is 19.9 Å². The number of ether oxygens (including phenoxy) is 1. The van der Waals surface area contributed by atoms with Crippen molar-refractivity contribution in [1.29, 1.82) is 0 Å². The second kappa shape index (κ2) is 9.77. The van der Waals surface area contributed by atoms with Crippen LogP contribution in [0.5, 0.6) is 5.75 Å². The van der Waals surface area contributed by atoms with E-state index in [9.17, 15) is 9.59 Å². The molecule has 1 amide bonds. The van der Waals surface area contributed by atoms with E-state index in [2.05, 4.69) is 4.98 Å². The van der Waals surface area contributed by atoms with Gasteiger partial charge in [0.2, 0.25) is 5.91 Å². The normalized spacial score (nSPS) is 11.0. The highest BCUT2D eigenvalue weighted by Crippen LogP contribution is 2.28. The maximum absolute atomic E-state index is 13.4. The zero-order valence-electron chi connectivity index (χ0n) is 17.4. The Labute approximate surface area is 198 Å². The van der Waals surface area contributed by atoms with Gasteiger partial charge in [0, 0.05) is 16.9 Å². The molecule has 0 N–H and O–H groups in total. The summed E-state index contributed by atoms with van der Waals surface area (Å²) in [5, 5.41) is 3.30. The van der Waals surface area contributed by atoms with E-state index in [1.807, 2.05) is 29.6 Å². The average Bonchev–Trinajstić information content (AvgIpc) is 3.30. The lowest BCUT2D eigenvalue weighted by atomic mass is 10.2. The Morgan fingerprint density at radius 3 is 2.78 bits per heavy atom. The maximum atomic E-state index is 13.4. The molecule has 0 bridgehead atoms.